The number of aryl methyl sites for hydroxylation is 1. The second kappa shape index (κ2) is 5.49. The second-order valence-corrected chi connectivity index (χ2v) is 5.09. The van der Waals surface area contributed by atoms with Gasteiger partial charge in [0.15, 0.2) is 0 Å². The molecule has 0 amide bonds. The molecular weight excluding hydrogens is 194 g/mol. The van der Waals surface area contributed by atoms with Gasteiger partial charge in [0.25, 0.3) is 0 Å². The summed E-state index contributed by atoms with van der Waals surface area (Å²) in [6.07, 6.45) is 4.14. The summed E-state index contributed by atoms with van der Waals surface area (Å²) >= 11 is 0. The van der Waals surface area contributed by atoms with Crippen molar-refractivity contribution in [2.45, 2.75) is 33.1 Å². The van der Waals surface area contributed by atoms with Crippen LogP contribution in [0.25, 0.3) is 0 Å². The van der Waals surface area contributed by atoms with Crippen molar-refractivity contribution in [1.29, 1.82) is 0 Å². The zero-order valence-electron chi connectivity index (χ0n) is 10.5. The third-order valence-electron chi connectivity index (χ3n) is 3.56. The maximum absolute atomic E-state index is 3.50. The van der Waals surface area contributed by atoms with Crippen LogP contribution in [0.15, 0.2) is 24.3 Å². The Morgan fingerprint density at radius 3 is 2.50 bits per heavy atom. The van der Waals surface area contributed by atoms with Gasteiger partial charge in [-0.15, -0.1) is 0 Å². The highest BCUT2D eigenvalue weighted by Crippen LogP contribution is 2.38. The molecule has 0 heterocycles. The number of benzene rings is 1. The van der Waals surface area contributed by atoms with E-state index in [9.17, 15) is 0 Å². The van der Waals surface area contributed by atoms with Gasteiger partial charge in [0.1, 0.15) is 0 Å². The van der Waals surface area contributed by atoms with Crippen LogP contribution in [0.2, 0.25) is 0 Å². The molecule has 0 saturated heterocycles. The Hall–Kier alpha value is -0.820. The van der Waals surface area contributed by atoms with Crippen molar-refractivity contribution in [1.82, 2.24) is 5.32 Å². The highest BCUT2D eigenvalue weighted by atomic mass is 14.8. The van der Waals surface area contributed by atoms with E-state index in [-0.39, 0.29) is 0 Å². The molecule has 0 bridgehead atoms. The van der Waals surface area contributed by atoms with E-state index in [1.165, 1.54) is 36.9 Å². The summed E-state index contributed by atoms with van der Waals surface area (Å²) < 4.78 is 0. The lowest BCUT2D eigenvalue weighted by Crippen LogP contribution is -2.25. The smallest absolute Gasteiger partial charge is 0.00148 e. The van der Waals surface area contributed by atoms with E-state index in [0.29, 0.717) is 0 Å². The summed E-state index contributed by atoms with van der Waals surface area (Å²) in [6, 6.07) is 9.03. The molecule has 1 atom stereocenters. The van der Waals surface area contributed by atoms with Crippen molar-refractivity contribution in [3.63, 3.8) is 0 Å². The van der Waals surface area contributed by atoms with Gasteiger partial charge in [0.2, 0.25) is 0 Å². The summed E-state index contributed by atoms with van der Waals surface area (Å²) in [5, 5.41) is 3.50. The van der Waals surface area contributed by atoms with E-state index in [0.717, 1.165) is 18.4 Å². The van der Waals surface area contributed by atoms with Gasteiger partial charge >= 0.3 is 0 Å². The highest BCUT2D eigenvalue weighted by Gasteiger charge is 2.30. The third kappa shape index (κ3) is 3.34. The van der Waals surface area contributed by atoms with E-state index >= 15 is 0 Å². The minimum Gasteiger partial charge on any atom is -0.317 e. The maximum Gasteiger partial charge on any atom is -0.00148 e. The van der Waals surface area contributed by atoms with Gasteiger partial charge in [0, 0.05) is 0 Å². The topological polar surface area (TPSA) is 12.0 Å². The molecule has 0 radical (unpaired) electrons. The van der Waals surface area contributed by atoms with Crippen LogP contribution in [0.3, 0.4) is 0 Å². The van der Waals surface area contributed by atoms with Crippen LogP contribution in [0.1, 0.15) is 30.9 Å². The minimum absolute atomic E-state index is 0.850. The molecule has 2 rings (SSSR count). The molecule has 0 aliphatic heterocycles. The van der Waals surface area contributed by atoms with Gasteiger partial charge in [-0.1, -0.05) is 36.8 Å². The molecular formula is C15H23N. The molecule has 0 spiro atoms. The van der Waals surface area contributed by atoms with Crippen molar-refractivity contribution in [3.8, 4) is 0 Å². The molecule has 88 valence electrons. The Labute approximate surface area is 99.3 Å². The molecule has 1 aliphatic carbocycles. The molecule has 16 heavy (non-hydrogen) atoms. The van der Waals surface area contributed by atoms with E-state index < -0.39 is 0 Å². The lowest BCUT2D eigenvalue weighted by molar-refractivity contribution is 0.429. The molecule has 1 aromatic rings. The average Bonchev–Trinajstić information content (AvgIpc) is 3.11. The van der Waals surface area contributed by atoms with Gasteiger partial charge in [-0.05, 0) is 56.7 Å². The fourth-order valence-electron chi connectivity index (χ4n) is 2.33. The largest absolute Gasteiger partial charge is 0.317 e. The Kier molecular flexibility index (Phi) is 4.00. The number of hydrogen-bond acceptors (Lipinski definition) is 1. The van der Waals surface area contributed by atoms with Gasteiger partial charge in [-0.25, -0.2) is 0 Å². The molecule has 1 aromatic carbocycles. The Bertz CT molecular complexity index is 311. The van der Waals surface area contributed by atoms with Crippen molar-refractivity contribution in [2.75, 3.05) is 13.1 Å². The first kappa shape index (κ1) is 11.7. The van der Waals surface area contributed by atoms with Crippen LogP contribution in [-0.2, 0) is 6.42 Å². The first-order valence-electron chi connectivity index (χ1n) is 6.56. The van der Waals surface area contributed by atoms with Gasteiger partial charge in [0.05, 0.1) is 0 Å². The van der Waals surface area contributed by atoms with Gasteiger partial charge < -0.3 is 5.32 Å². The quantitative estimate of drug-likeness (QED) is 0.771. The van der Waals surface area contributed by atoms with Crippen LogP contribution < -0.4 is 5.32 Å². The molecule has 1 aliphatic rings. The first-order chi connectivity index (χ1) is 7.79. The fourth-order valence-corrected chi connectivity index (χ4v) is 2.33. The van der Waals surface area contributed by atoms with E-state index in [1.54, 1.807) is 0 Å². The van der Waals surface area contributed by atoms with E-state index in [2.05, 4.69) is 43.4 Å². The summed E-state index contributed by atoms with van der Waals surface area (Å²) in [6.45, 7) is 6.63. The zero-order valence-corrected chi connectivity index (χ0v) is 10.5. The molecule has 1 saturated carbocycles. The number of hydrogen-bond donors (Lipinski definition) is 1. The molecule has 0 aromatic heterocycles. The third-order valence-corrected chi connectivity index (χ3v) is 3.56. The molecule has 1 N–H and O–H groups in total. The summed E-state index contributed by atoms with van der Waals surface area (Å²) in [5.41, 5.74) is 2.86. The fraction of sp³-hybridized carbons (Fsp3) is 0.600. The minimum atomic E-state index is 0.850. The predicted octanol–water partition coefficient (Wildman–Crippen LogP) is 3.17. The normalized spacial score (nSPS) is 17.4. The second-order valence-electron chi connectivity index (χ2n) is 5.09. The highest BCUT2D eigenvalue weighted by molar-refractivity contribution is 5.22. The lowest BCUT2D eigenvalue weighted by Gasteiger charge is -2.16. The van der Waals surface area contributed by atoms with E-state index in [1.807, 2.05) is 0 Å². The Morgan fingerprint density at radius 1 is 1.25 bits per heavy atom. The molecule has 1 heteroatoms. The SMILES string of the molecule is CCNCC(Cc1ccc(C)cc1)C1CC1. The van der Waals surface area contributed by atoms with Crippen LogP contribution in [0.4, 0.5) is 0 Å². The van der Waals surface area contributed by atoms with Crippen LogP contribution in [-0.4, -0.2) is 13.1 Å². The summed E-state index contributed by atoms with van der Waals surface area (Å²) in [7, 11) is 0. The standard InChI is InChI=1S/C15H23N/c1-3-16-11-15(14-8-9-14)10-13-6-4-12(2)5-7-13/h4-7,14-16H,3,8-11H2,1-2H3. The van der Waals surface area contributed by atoms with Crippen molar-refractivity contribution in [3.05, 3.63) is 35.4 Å². The molecule has 1 nitrogen and oxygen atoms in total. The van der Waals surface area contributed by atoms with Gasteiger partial charge in [-0.3, -0.25) is 0 Å². The van der Waals surface area contributed by atoms with Gasteiger partial charge in [-0.2, -0.15) is 0 Å². The monoisotopic (exact) mass is 217 g/mol. The first-order valence-corrected chi connectivity index (χ1v) is 6.56. The van der Waals surface area contributed by atoms with Crippen LogP contribution in [0, 0.1) is 18.8 Å². The lowest BCUT2D eigenvalue weighted by atomic mass is 9.94. The van der Waals surface area contributed by atoms with Crippen molar-refractivity contribution in [2.24, 2.45) is 11.8 Å². The van der Waals surface area contributed by atoms with Crippen LogP contribution in [0.5, 0.6) is 0 Å². The summed E-state index contributed by atoms with van der Waals surface area (Å²) in [4.78, 5) is 0. The Morgan fingerprint density at radius 2 is 1.94 bits per heavy atom. The molecule has 1 fully saturated rings. The zero-order chi connectivity index (χ0) is 11.4. The summed E-state index contributed by atoms with van der Waals surface area (Å²) in [5.74, 6) is 1.84. The molecule has 1 unspecified atom stereocenters. The number of nitrogens with one attached hydrogen (secondary N) is 1. The Balaban J connectivity index is 1.91. The number of rotatable bonds is 6. The van der Waals surface area contributed by atoms with E-state index in [4.69, 9.17) is 0 Å². The average molecular weight is 217 g/mol. The maximum atomic E-state index is 3.50. The van der Waals surface area contributed by atoms with Crippen molar-refractivity contribution >= 4 is 0 Å². The van der Waals surface area contributed by atoms with Crippen LogP contribution >= 0.6 is 0 Å². The predicted molar refractivity (Wildman–Crippen MR) is 69.6 cm³/mol. The van der Waals surface area contributed by atoms with Crippen molar-refractivity contribution < 1.29 is 0 Å².